The molecule has 5 rings (SSSR count). The number of ketones is 1. The third-order valence-corrected chi connectivity index (χ3v) is 7.55. The first-order valence-corrected chi connectivity index (χ1v) is 12.4. The number of ether oxygens (including phenoxy) is 2. The van der Waals surface area contributed by atoms with E-state index in [9.17, 15) is 9.18 Å². The van der Waals surface area contributed by atoms with Gasteiger partial charge in [0.15, 0.2) is 17.3 Å². The Kier molecular flexibility index (Phi) is 6.79. The Hall–Kier alpha value is -3.29. The van der Waals surface area contributed by atoms with E-state index in [4.69, 9.17) is 9.47 Å². The van der Waals surface area contributed by atoms with E-state index in [2.05, 4.69) is 4.90 Å². The molecule has 1 aliphatic rings. The van der Waals surface area contributed by atoms with E-state index in [0.717, 1.165) is 30.9 Å². The summed E-state index contributed by atoms with van der Waals surface area (Å²) in [6.45, 7) is 3.76. The van der Waals surface area contributed by atoms with Crippen LogP contribution in [0.1, 0.15) is 28.8 Å². The average Bonchev–Trinajstić information content (AvgIpc) is 3.53. The van der Waals surface area contributed by atoms with Gasteiger partial charge in [0.05, 0.1) is 11.8 Å². The number of rotatable bonds is 8. The number of benzene rings is 3. The Morgan fingerprint density at radius 1 is 0.971 bits per heavy atom. The van der Waals surface area contributed by atoms with Gasteiger partial charge in [-0.1, -0.05) is 0 Å². The SMILES string of the molecule is COc1ccc2c(C(=O)c3ccc(F)cc3)c(-c3ccc(OCCN4CCCC4)cc3)sc2c1F. The van der Waals surface area contributed by atoms with Crippen LogP contribution in [0.2, 0.25) is 0 Å². The molecule has 4 nitrogen and oxygen atoms in total. The zero-order valence-electron chi connectivity index (χ0n) is 19.4. The third-order valence-electron chi connectivity index (χ3n) is 6.31. The van der Waals surface area contributed by atoms with Crippen molar-refractivity contribution in [1.82, 2.24) is 4.90 Å². The van der Waals surface area contributed by atoms with Crippen LogP contribution >= 0.6 is 11.3 Å². The fraction of sp³-hybridized carbons (Fsp3) is 0.250. The lowest BCUT2D eigenvalue weighted by Crippen LogP contribution is -2.25. The first-order chi connectivity index (χ1) is 17.0. The second-order valence-electron chi connectivity index (χ2n) is 8.52. The highest BCUT2D eigenvalue weighted by Gasteiger charge is 2.24. The predicted molar refractivity (Wildman–Crippen MR) is 135 cm³/mol. The highest BCUT2D eigenvalue weighted by Crippen LogP contribution is 2.43. The van der Waals surface area contributed by atoms with Crippen LogP contribution in [0.4, 0.5) is 8.78 Å². The summed E-state index contributed by atoms with van der Waals surface area (Å²) in [6.07, 6.45) is 2.49. The lowest BCUT2D eigenvalue weighted by molar-refractivity contribution is 0.104. The topological polar surface area (TPSA) is 38.8 Å². The quantitative estimate of drug-likeness (QED) is 0.261. The number of carbonyl (C=O) groups excluding carboxylic acids is 1. The van der Waals surface area contributed by atoms with E-state index in [-0.39, 0.29) is 11.5 Å². The Balaban J connectivity index is 1.49. The van der Waals surface area contributed by atoms with Gasteiger partial charge in [0.2, 0.25) is 0 Å². The predicted octanol–water partition coefficient (Wildman–Crippen LogP) is 6.56. The second kappa shape index (κ2) is 10.1. The van der Waals surface area contributed by atoms with Gasteiger partial charge in [-0.25, -0.2) is 8.78 Å². The summed E-state index contributed by atoms with van der Waals surface area (Å²) >= 11 is 1.20. The summed E-state index contributed by atoms with van der Waals surface area (Å²) in [7, 11) is 1.41. The molecule has 0 N–H and O–H groups in total. The summed E-state index contributed by atoms with van der Waals surface area (Å²) in [5.41, 5.74) is 1.51. The molecule has 0 bridgehead atoms. The molecule has 7 heteroatoms. The number of hydrogen-bond donors (Lipinski definition) is 0. The number of methoxy groups -OCH3 is 1. The molecule has 0 atom stereocenters. The highest BCUT2D eigenvalue weighted by molar-refractivity contribution is 7.22. The molecule has 0 aliphatic carbocycles. The van der Waals surface area contributed by atoms with Crippen molar-refractivity contribution < 1.29 is 23.0 Å². The third kappa shape index (κ3) is 4.79. The molecular formula is C28H25F2NO3S. The fourth-order valence-corrected chi connectivity index (χ4v) is 5.68. The maximum Gasteiger partial charge on any atom is 0.195 e. The normalized spacial score (nSPS) is 13.9. The summed E-state index contributed by atoms with van der Waals surface area (Å²) in [6, 6.07) is 16.1. The van der Waals surface area contributed by atoms with Crippen LogP contribution in [0.3, 0.4) is 0 Å². The minimum atomic E-state index is -0.503. The van der Waals surface area contributed by atoms with Crippen LogP contribution in [0.25, 0.3) is 20.5 Å². The van der Waals surface area contributed by atoms with Crippen molar-refractivity contribution in [1.29, 1.82) is 0 Å². The van der Waals surface area contributed by atoms with Crippen LogP contribution in [0, 0.1) is 11.6 Å². The van der Waals surface area contributed by atoms with Crippen LogP contribution in [0.15, 0.2) is 60.7 Å². The van der Waals surface area contributed by atoms with E-state index >= 15 is 4.39 Å². The van der Waals surface area contributed by atoms with Crippen LogP contribution in [-0.2, 0) is 0 Å². The molecule has 180 valence electrons. The average molecular weight is 494 g/mol. The van der Waals surface area contributed by atoms with E-state index in [0.29, 0.717) is 32.7 Å². The Morgan fingerprint density at radius 3 is 2.37 bits per heavy atom. The van der Waals surface area contributed by atoms with E-state index in [1.165, 1.54) is 61.6 Å². The molecule has 1 fully saturated rings. The van der Waals surface area contributed by atoms with Crippen molar-refractivity contribution in [2.45, 2.75) is 12.8 Å². The lowest BCUT2D eigenvalue weighted by Gasteiger charge is -2.15. The number of carbonyl (C=O) groups is 1. The van der Waals surface area contributed by atoms with Gasteiger partial charge in [-0.15, -0.1) is 11.3 Å². The van der Waals surface area contributed by atoms with Gasteiger partial charge in [-0.05, 0) is 92.2 Å². The minimum Gasteiger partial charge on any atom is -0.494 e. The van der Waals surface area contributed by atoms with Crippen LogP contribution < -0.4 is 9.47 Å². The maximum absolute atomic E-state index is 15.1. The highest BCUT2D eigenvalue weighted by atomic mass is 32.1. The van der Waals surface area contributed by atoms with Crippen molar-refractivity contribution >= 4 is 27.2 Å². The molecular weight excluding hydrogens is 468 g/mol. The van der Waals surface area contributed by atoms with Gasteiger partial charge < -0.3 is 9.47 Å². The smallest absolute Gasteiger partial charge is 0.195 e. The number of halogens is 2. The zero-order chi connectivity index (χ0) is 24.4. The van der Waals surface area contributed by atoms with E-state index in [1.54, 1.807) is 6.07 Å². The zero-order valence-corrected chi connectivity index (χ0v) is 20.2. The molecule has 0 spiro atoms. The minimum absolute atomic E-state index is 0.118. The number of nitrogens with zero attached hydrogens (tertiary/aromatic N) is 1. The van der Waals surface area contributed by atoms with Crippen LogP contribution in [-0.4, -0.2) is 44.0 Å². The van der Waals surface area contributed by atoms with Crippen molar-refractivity contribution in [3.63, 3.8) is 0 Å². The first-order valence-electron chi connectivity index (χ1n) is 11.6. The van der Waals surface area contributed by atoms with Crippen molar-refractivity contribution in [2.75, 3.05) is 33.4 Å². The van der Waals surface area contributed by atoms with Gasteiger partial charge in [-0.3, -0.25) is 9.69 Å². The standard InChI is InChI=1S/C28H25F2NO3S/c1-33-23-13-12-22-24(26(32)18-4-8-20(29)9-5-18)27(35-28(22)25(23)30)19-6-10-21(11-7-19)34-17-16-31-14-2-3-15-31/h4-13H,2-3,14-17H2,1H3. The summed E-state index contributed by atoms with van der Waals surface area (Å²) in [5.74, 6) is -0.354. The largest absolute Gasteiger partial charge is 0.494 e. The first kappa shape index (κ1) is 23.5. The molecule has 1 aromatic heterocycles. The molecule has 35 heavy (non-hydrogen) atoms. The monoisotopic (exact) mass is 493 g/mol. The molecule has 0 unspecified atom stereocenters. The van der Waals surface area contributed by atoms with Crippen molar-refractivity contribution in [3.05, 3.63) is 83.4 Å². The Labute approximate surface area is 206 Å². The van der Waals surface area contributed by atoms with Gasteiger partial charge >= 0.3 is 0 Å². The van der Waals surface area contributed by atoms with E-state index < -0.39 is 11.6 Å². The van der Waals surface area contributed by atoms with Crippen molar-refractivity contribution in [2.24, 2.45) is 0 Å². The molecule has 0 radical (unpaired) electrons. The number of thiophene rings is 1. The molecule has 0 saturated carbocycles. The van der Waals surface area contributed by atoms with Crippen LogP contribution in [0.5, 0.6) is 11.5 Å². The van der Waals surface area contributed by atoms with Gasteiger partial charge in [0.1, 0.15) is 18.2 Å². The summed E-state index contributed by atoms with van der Waals surface area (Å²) < 4.78 is 40.0. The molecule has 1 saturated heterocycles. The van der Waals surface area contributed by atoms with Crippen molar-refractivity contribution in [3.8, 4) is 21.9 Å². The summed E-state index contributed by atoms with van der Waals surface area (Å²) in [4.78, 5) is 16.6. The Bertz CT molecular complexity index is 1340. The number of likely N-dealkylation sites (tertiary alicyclic amines) is 1. The summed E-state index contributed by atoms with van der Waals surface area (Å²) in [5, 5.41) is 0.503. The Morgan fingerprint density at radius 2 is 1.69 bits per heavy atom. The molecule has 2 heterocycles. The van der Waals surface area contributed by atoms with E-state index in [1.807, 2.05) is 24.3 Å². The molecule has 4 aromatic rings. The molecule has 0 amide bonds. The van der Waals surface area contributed by atoms with Gasteiger partial charge in [0.25, 0.3) is 0 Å². The number of hydrogen-bond acceptors (Lipinski definition) is 5. The second-order valence-corrected chi connectivity index (χ2v) is 9.54. The van der Waals surface area contributed by atoms with Gasteiger partial charge in [0, 0.05) is 27.9 Å². The fourth-order valence-electron chi connectivity index (χ4n) is 4.44. The molecule has 3 aromatic carbocycles. The maximum atomic E-state index is 15.1. The lowest BCUT2D eigenvalue weighted by atomic mass is 9.97. The van der Waals surface area contributed by atoms with Gasteiger partial charge in [-0.2, -0.15) is 0 Å². The number of fused-ring (bicyclic) bond motifs is 1. The molecule has 1 aliphatic heterocycles.